The van der Waals surface area contributed by atoms with Crippen LogP contribution in [0.25, 0.3) is 0 Å². The highest BCUT2D eigenvalue weighted by atomic mass is 16.5. The SMILES string of the molecule is COCCN1C(=O)N(Cc2cccc(OC)c2)C(=O)C12CCN(Cc1ccccc1C)CC2. The average Bonchev–Trinajstić information content (AvgIpc) is 3.02. The number of likely N-dealkylation sites (tertiary alicyclic amines) is 1. The third-order valence-electron chi connectivity index (χ3n) is 6.95. The summed E-state index contributed by atoms with van der Waals surface area (Å²) in [6.45, 7) is 5.58. The van der Waals surface area contributed by atoms with Crippen molar-refractivity contribution in [1.82, 2.24) is 14.7 Å². The summed E-state index contributed by atoms with van der Waals surface area (Å²) in [6.07, 6.45) is 1.25. The van der Waals surface area contributed by atoms with E-state index in [4.69, 9.17) is 9.47 Å². The van der Waals surface area contributed by atoms with E-state index in [9.17, 15) is 9.59 Å². The largest absolute Gasteiger partial charge is 0.497 e. The van der Waals surface area contributed by atoms with Crippen molar-refractivity contribution in [3.05, 3.63) is 65.2 Å². The Hall–Kier alpha value is -2.90. The third kappa shape index (κ3) is 4.61. The van der Waals surface area contributed by atoms with Crippen molar-refractivity contribution in [2.75, 3.05) is 40.5 Å². The molecule has 2 aromatic rings. The van der Waals surface area contributed by atoms with E-state index < -0.39 is 5.54 Å². The Bertz CT molecular complexity index is 1000. The summed E-state index contributed by atoms with van der Waals surface area (Å²) in [7, 11) is 3.23. The first-order chi connectivity index (χ1) is 16.0. The van der Waals surface area contributed by atoms with Crippen molar-refractivity contribution in [3.8, 4) is 5.75 Å². The van der Waals surface area contributed by atoms with Crippen LogP contribution >= 0.6 is 0 Å². The molecular formula is C26H33N3O4. The number of hydrogen-bond acceptors (Lipinski definition) is 5. The van der Waals surface area contributed by atoms with Gasteiger partial charge in [-0.3, -0.25) is 14.6 Å². The molecule has 33 heavy (non-hydrogen) atoms. The van der Waals surface area contributed by atoms with E-state index in [1.807, 2.05) is 24.3 Å². The molecule has 0 aromatic heterocycles. The van der Waals surface area contributed by atoms with Crippen LogP contribution in [-0.2, 0) is 22.6 Å². The van der Waals surface area contributed by atoms with Gasteiger partial charge in [0.1, 0.15) is 11.3 Å². The first-order valence-corrected chi connectivity index (χ1v) is 11.5. The predicted octanol–water partition coefficient (Wildman–Crippen LogP) is 3.45. The number of benzene rings is 2. The van der Waals surface area contributed by atoms with Gasteiger partial charge in [-0.25, -0.2) is 4.79 Å². The summed E-state index contributed by atoms with van der Waals surface area (Å²) in [5.74, 6) is 0.615. The lowest BCUT2D eigenvalue weighted by Gasteiger charge is -2.42. The van der Waals surface area contributed by atoms with Gasteiger partial charge in [-0.05, 0) is 48.6 Å². The fraction of sp³-hybridized carbons (Fsp3) is 0.462. The van der Waals surface area contributed by atoms with Gasteiger partial charge < -0.3 is 14.4 Å². The van der Waals surface area contributed by atoms with Gasteiger partial charge >= 0.3 is 6.03 Å². The molecule has 2 saturated heterocycles. The Morgan fingerprint density at radius 2 is 1.73 bits per heavy atom. The number of ether oxygens (including phenoxy) is 2. The highest BCUT2D eigenvalue weighted by Crippen LogP contribution is 2.38. The summed E-state index contributed by atoms with van der Waals surface area (Å²) in [6, 6.07) is 15.7. The van der Waals surface area contributed by atoms with Crippen LogP contribution < -0.4 is 4.74 Å². The zero-order valence-electron chi connectivity index (χ0n) is 19.8. The summed E-state index contributed by atoms with van der Waals surface area (Å²) in [5, 5.41) is 0. The van der Waals surface area contributed by atoms with E-state index in [1.165, 1.54) is 16.0 Å². The molecule has 4 rings (SSSR count). The lowest BCUT2D eigenvalue weighted by atomic mass is 9.85. The van der Waals surface area contributed by atoms with Crippen molar-refractivity contribution >= 4 is 11.9 Å². The summed E-state index contributed by atoms with van der Waals surface area (Å²) >= 11 is 0. The first kappa shape index (κ1) is 23.3. The molecule has 3 amide bonds. The molecule has 0 bridgehead atoms. The van der Waals surface area contributed by atoms with Crippen molar-refractivity contribution in [1.29, 1.82) is 0 Å². The Morgan fingerprint density at radius 3 is 2.42 bits per heavy atom. The summed E-state index contributed by atoms with van der Waals surface area (Å²) in [5.41, 5.74) is 2.66. The molecule has 2 fully saturated rings. The Balaban J connectivity index is 1.52. The number of nitrogens with zero attached hydrogens (tertiary/aromatic N) is 3. The second kappa shape index (κ2) is 9.93. The van der Waals surface area contributed by atoms with Crippen molar-refractivity contribution in [2.24, 2.45) is 0 Å². The molecule has 0 unspecified atom stereocenters. The minimum atomic E-state index is -0.795. The van der Waals surface area contributed by atoms with Gasteiger partial charge in [-0.1, -0.05) is 36.4 Å². The fourth-order valence-electron chi connectivity index (χ4n) is 4.96. The zero-order valence-corrected chi connectivity index (χ0v) is 19.8. The van der Waals surface area contributed by atoms with Crippen molar-refractivity contribution in [2.45, 2.75) is 38.4 Å². The number of methoxy groups -OCH3 is 2. The van der Waals surface area contributed by atoms with Crippen LogP contribution in [0.3, 0.4) is 0 Å². The molecule has 0 radical (unpaired) electrons. The highest BCUT2D eigenvalue weighted by molar-refractivity contribution is 6.07. The Kier molecular flexibility index (Phi) is 7.00. The van der Waals surface area contributed by atoms with Gasteiger partial charge in [0.25, 0.3) is 5.91 Å². The zero-order chi connectivity index (χ0) is 23.4. The van der Waals surface area contributed by atoms with E-state index >= 15 is 0 Å². The molecule has 0 N–H and O–H groups in total. The number of piperidine rings is 1. The van der Waals surface area contributed by atoms with E-state index in [0.717, 1.165) is 25.2 Å². The average molecular weight is 452 g/mol. The van der Waals surface area contributed by atoms with Crippen LogP contribution in [-0.4, -0.2) is 72.6 Å². The number of aryl methyl sites for hydroxylation is 1. The number of carbonyl (C=O) groups excluding carboxylic acids is 2. The number of carbonyl (C=O) groups is 2. The number of rotatable bonds is 8. The topological polar surface area (TPSA) is 62.3 Å². The van der Waals surface area contributed by atoms with Gasteiger partial charge in [-0.2, -0.15) is 0 Å². The van der Waals surface area contributed by atoms with Gasteiger partial charge in [0.05, 0.1) is 20.3 Å². The van der Waals surface area contributed by atoms with Gasteiger partial charge in [0.2, 0.25) is 0 Å². The smallest absolute Gasteiger partial charge is 0.328 e. The molecule has 2 aromatic carbocycles. The van der Waals surface area contributed by atoms with Crippen LogP contribution in [0.15, 0.2) is 48.5 Å². The van der Waals surface area contributed by atoms with E-state index in [2.05, 4.69) is 36.1 Å². The number of amides is 3. The molecule has 2 aliphatic rings. The molecule has 7 heteroatoms. The minimum absolute atomic E-state index is 0.0954. The quantitative estimate of drug-likeness (QED) is 0.576. The summed E-state index contributed by atoms with van der Waals surface area (Å²) < 4.78 is 10.6. The molecule has 1 spiro atoms. The number of urea groups is 1. The van der Waals surface area contributed by atoms with E-state index in [-0.39, 0.29) is 18.5 Å². The normalized spacial score (nSPS) is 18.4. The molecule has 2 aliphatic heterocycles. The Morgan fingerprint density at radius 1 is 0.970 bits per heavy atom. The van der Waals surface area contributed by atoms with Crippen LogP contribution in [0.1, 0.15) is 29.5 Å². The monoisotopic (exact) mass is 451 g/mol. The van der Waals surface area contributed by atoms with Crippen LogP contribution in [0.2, 0.25) is 0 Å². The predicted molar refractivity (Wildman–Crippen MR) is 126 cm³/mol. The molecule has 0 saturated carbocycles. The fourth-order valence-corrected chi connectivity index (χ4v) is 4.96. The number of hydrogen-bond donors (Lipinski definition) is 0. The Labute approximate surface area is 195 Å². The highest BCUT2D eigenvalue weighted by Gasteiger charge is 2.57. The van der Waals surface area contributed by atoms with Crippen LogP contribution in [0.5, 0.6) is 5.75 Å². The maximum Gasteiger partial charge on any atom is 0.328 e. The standard InChI is InChI=1S/C26H33N3O4/c1-20-7-4-5-9-22(20)19-27-13-11-26(12-14-27)24(30)28(25(31)29(26)15-16-32-2)18-21-8-6-10-23(17-21)33-3/h4-10,17H,11-16,18-19H2,1-3H3. The molecule has 2 heterocycles. The minimum Gasteiger partial charge on any atom is -0.497 e. The first-order valence-electron chi connectivity index (χ1n) is 11.5. The van der Waals surface area contributed by atoms with Gasteiger partial charge in [-0.15, -0.1) is 0 Å². The lowest BCUT2D eigenvalue weighted by Crippen LogP contribution is -2.57. The van der Waals surface area contributed by atoms with E-state index in [0.29, 0.717) is 31.7 Å². The number of imide groups is 1. The lowest BCUT2D eigenvalue weighted by molar-refractivity contribution is -0.136. The second-order valence-corrected chi connectivity index (χ2v) is 8.90. The molecular weight excluding hydrogens is 418 g/mol. The molecule has 7 nitrogen and oxygen atoms in total. The van der Waals surface area contributed by atoms with Crippen LogP contribution in [0.4, 0.5) is 4.79 Å². The van der Waals surface area contributed by atoms with Crippen molar-refractivity contribution in [3.63, 3.8) is 0 Å². The maximum atomic E-state index is 13.7. The van der Waals surface area contributed by atoms with E-state index in [1.54, 1.807) is 19.1 Å². The summed E-state index contributed by atoms with van der Waals surface area (Å²) in [4.78, 5) is 32.7. The van der Waals surface area contributed by atoms with Gasteiger partial charge in [0.15, 0.2) is 0 Å². The second-order valence-electron chi connectivity index (χ2n) is 8.90. The van der Waals surface area contributed by atoms with Crippen molar-refractivity contribution < 1.29 is 19.1 Å². The molecule has 0 aliphatic carbocycles. The third-order valence-corrected chi connectivity index (χ3v) is 6.95. The molecule has 0 atom stereocenters. The molecule has 176 valence electrons. The maximum absolute atomic E-state index is 13.7. The van der Waals surface area contributed by atoms with Gasteiger partial charge in [0, 0.05) is 33.3 Å². The van der Waals surface area contributed by atoms with Crippen LogP contribution in [0, 0.1) is 6.92 Å².